The lowest BCUT2D eigenvalue weighted by Gasteiger charge is -2.20. The first-order valence-electron chi connectivity index (χ1n) is 14.0. The monoisotopic (exact) mass is 631 g/mol. The number of aliphatic hydroxyl groups is 3. The van der Waals surface area contributed by atoms with Crippen LogP contribution in [-0.4, -0.2) is 106 Å². The highest BCUT2D eigenvalue weighted by molar-refractivity contribution is 7.91. The second-order valence-corrected chi connectivity index (χ2v) is 11.7. The highest BCUT2D eigenvalue weighted by atomic mass is 32.2. The normalized spacial score (nSPS) is 11.8. The van der Waals surface area contributed by atoms with E-state index in [2.05, 4.69) is 25.8 Å². The zero-order valence-corrected chi connectivity index (χ0v) is 25.8. The van der Waals surface area contributed by atoms with Crippen LogP contribution in [0.1, 0.15) is 5.56 Å². The Balaban J connectivity index is 1.96. The van der Waals surface area contributed by atoms with Crippen molar-refractivity contribution in [3.05, 3.63) is 54.1 Å². The summed E-state index contributed by atoms with van der Waals surface area (Å²) in [7, 11) is -2.30. The minimum atomic E-state index is -3.75. The third-order valence-electron chi connectivity index (χ3n) is 6.55. The van der Waals surface area contributed by atoms with Crippen LogP contribution in [0.3, 0.4) is 0 Å². The van der Waals surface area contributed by atoms with E-state index in [1.54, 1.807) is 11.8 Å². The largest absolute Gasteiger partial charge is 0.494 e. The lowest BCUT2D eigenvalue weighted by Crippen LogP contribution is -2.34. The molecular formula is C29H41N7O7S. The second kappa shape index (κ2) is 17.4. The predicted molar refractivity (Wildman–Crippen MR) is 169 cm³/mol. The summed E-state index contributed by atoms with van der Waals surface area (Å²) in [5.41, 5.74) is 8.62. The van der Waals surface area contributed by atoms with Crippen molar-refractivity contribution < 1.29 is 33.2 Å². The number of azo groups is 1. The van der Waals surface area contributed by atoms with Crippen LogP contribution in [0.2, 0.25) is 0 Å². The molecule has 7 N–H and O–H groups in total. The van der Waals surface area contributed by atoms with Gasteiger partial charge in [-0.05, 0) is 37.3 Å². The number of rotatable bonds is 19. The van der Waals surface area contributed by atoms with E-state index in [-0.39, 0.29) is 62.4 Å². The van der Waals surface area contributed by atoms with Crippen molar-refractivity contribution in [2.24, 2.45) is 10.2 Å². The molecule has 0 saturated carbocycles. The lowest BCUT2D eigenvalue weighted by molar-refractivity contribution is 0.0992. The zero-order chi connectivity index (χ0) is 32.0. The van der Waals surface area contributed by atoms with Gasteiger partial charge in [0.1, 0.15) is 17.1 Å². The number of pyridine rings is 1. The fraction of sp³-hybridized carbons (Fsp3) is 0.414. The number of benzene rings is 2. The summed E-state index contributed by atoms with van der Waals surface area (Å²) in [6, 6.07) is 13.7. The number of para-hydroxylation sites is 1. The number of nitrogens with one attached hydrogen (secondary N) is 2. The van der Waals surface area contributed by atoms with Crippen LogP contribution >= 0.6 is 0 Å². The summed E-state index contributed by atoms with van der Waals surface area (Å²) in [5, 5.41) is 42.6. The zero-order valence-electron chi connectivity index (χ0n) is 24.9. The molecule has 14 nitrogen and oxygen atoms in total. The standard InChI is InChI=1S/C29H41N7O7S/c1-21-26(30)28(31-10-17-43-18-16-39)33-29(32-22-6-4-3-5-7-22)27(21)35-34-24-20-23(8-9-25(24)42-2)44(40,41)19-13-36(11-14-37)12-15-38/h3-9,20,37-39H,10-19,30H2,1-2H3,(H2,31,32,33). The fourth-order valence-electron chi connectivity index (χ4n) is 4.15. The van der Waals surface area contributed by atoms with Crippen molar-refractivity contribution in [2.45, 2.75) is 11.8 Å². The number of nitrogens with two attached hydrogens (primary N) is 1. The van der Waals surface area contributed by atoms with Crippen LogP contribution in [-0.2, 0) is 14.6 Å². The molecule has 0 amide bonds. The number of methoxy groups -OCH3 is 1. The Morgan fingerprint density at radius 1 is 0.955 bits per heavy atom. The molecule has 44 heavy (non-hydrogen) atoms. The van der Waals surface area contributed by atoms with E-state index in [0.717, 1.165) is 5.69 Å². The Morgan fingerprint density at radius 3 is 2.34 bits per heavy atom. The van der Waals surface area contributed by atoms with Crippen molar-refractivity contribution in [3.63, 3.8) is 0 Å². The van der Waals surface area contributed by atoms with Gasteiger partial charge < -0.3 is 41.2 Å². The summed E-state index contributed by atoms with van der Waals surface area (Å²) in [6.07, 6.45) is 0. The molecule has 1 heterocycles. The molecule has 0 aliphatic rings. The van der Waals surface area contributed by atoms with Crippen LogP contribution in [0, 0.1) is 6.92 Å². The molecule has 0 fully saturated rings. The molecule has 0 aliphatic heterocycles. The van der Waals surface area contributed by atoms with E-state index in [0.29, 0.717) is 47.5 Å². The molecule has 0 unspecified atom stereocenters. The molecular weight excluding hydrogens is 590 g/mol. The van der Waals surface area contributed by atoms with Gasteiger partial charge in [0.05, 0.1) is 56.5 Å². The summed E-state index contributed by atoms with van der Waals surface area (Å²) >= 11 is 0. The molecule has 240 valence electrons. The topological polar surface area (TPSA) is 204 Å². The predicted octanol–water partition coefficient (Wildman–Crippen LogP) is 2.62. The quantitative estimate of drug-likeness (QED) is 0.0835. The van der Waals surface area contributed by atoms with Gasteiger partial charge in [-0.15, -0.1) is 10.2 Å². The number of hydrogen-bond acceptors (Lipinski definition) is 14. The van der Waals surface area contributed by atoms with Crippen LogP contribution in [0.25, 0.3) is 0 Å². The molecule has 0 saturated heterocycles. The van der Waals surface area contributed by atoms with Crippen LogP contribution in [0.15, 0.2) is 63.7 Å². The second-order valence-electron chi connectivity index (χ2n) is 9.59. The van der Waals surface area contributed by atoms with E-state index < -0.39 is 9.84 Å². The van der Waals surface area contributed by atoms with Crippen molar-refractivity contribution in [1.82, 2.24) is 9.88 Å². The number of aromatic nitrogens is 1. The molecule has 0 aliphatic carbocycles. The van der Waals surface area contributed by atoms with Gasteiger partial charge in [0.2, 0.25) is 0 Å². The van der Waals surface area contributed by atoms with Crippen molar-refractivity contribution in [1.29, 1.82) is 0 Å². The van der Waals surface area contributed by atoms with E-state index in [1.807, 2.05) is 30.3 Å². The SMILES string of the molecule is COc1ccc(S(=O)(=O)CCN(CCO)CCO)cc1N=Nc1c(Nc2ccccc2)nc(NCCOCCO)c(N)c1C. The van der Waals surface area contributed by atoms with E-state index >= 15 is 0 Å². The maximum atomic E-state index is 13.2. The Bertz CT molecular complexity index is 1470. The van der Waals surface area contributed by atoms with Crippen molar-refractivity contribution in [3.8, 4) is 5.75 Å². The summed E-state index contributed by atoms with van der Waals surface area (Å²) < 4.78 is 37.1. The number of ether oxygens (including phenoxy) is 2. The third kappa shape index (κ3) is 9.83. The van der Waals surface area contributed by atoms with Gasteiger partial charge in [-0.25, -0.2) is 13.4 Å². The molecule has 0 spiro atoms. The third-order valence-corrected chi connectivity index (χ3v) is 8.24. The number of nitrogen functional groups attached to an aromatic ring is 1. The van der Waals surface area contributed by atoms with Gasteiger partial charge >= 0.3 is 0 Å². The Morgan fingerprint density at radius 2 is 1.68 bits per heavy atom. The Hall–Kier alpha value is -3.86. The smallest absolute Gasteiger partial charge is 0.179 e. The number of aliphatic hydroxyl groups excluding tert-OH is 3. The first kappa shape index (κ1) is 34.6. The highest BCUT2D eigenvalue weighted by Crippen LogP contribution is 2.39. The van der Waals surface area contributed by atoms with Gasteiger partial charge in [-0.2, -0.15) is 0 Å². The Kier molecular flexibility index (Phi) is 13.7. The van der Waals surface area contributed by atoms with Crippen molar-refractivity contribution >= 4 is 44.2 Å². The average molecular weight is 632 g/mol. The summed E-state index contributed by atoms with van der Waals surface area (Å²) in [5.74, 6) is 0.864. The van der Waals surface area contributed by atoms with Crippen LogP contribution in [0.4, 0.5) is 34.4 Å². The number of sulfone groups is 1. The first-order chi connectivity index (χ1) is 21.2. The summed E-state index contributed by atoms with van der Waals surface area (Å²) in [6.45, 7) is 3.00. The van der Waals surface area contributed by atoms with E-state index in [4.69, 9.17) is 20.3 Å². The molecule has 2 aromatic carbocycles. The van der Waals surface area contributed by atoms with E-state index in [1.165, 1.54) is 25.3 Å². The van der Waals surface area contributed by atoms with Crippen LogP contribution in [0.5, 0.6) is 5.75 Å². The van der Waals surface area contributed by atoms with E-state index in [9.17, 15) is 18.6 Å². The first-order valence-corrected chi connectivity index (χ1v) is 15.7. The average Bonchev–Trinajstić information content (AvgIpc) is 3.02. The molecule has 15 heteroatoms. The van der Waals surface area contributed by atoms with Gasteiger partial charge in [-0.3, -0.25) is 4.90 Å². The molecule has 1 aromatic heterocycles. The maximum absolute atomic E-state index is 13.2. The fourth-order valence-corrected chi connectivity index (χ4v) is 5.45. The van der Waals surface area contributed by atoms with Gasteiger partial charge in [0.25, 0.3) is 0 Å². The van der Waals surface area contributed by atoms with Gasteiger partial charge in [0.15, 0.2) is 21.5 Å². The molecule has 3 aromatic rings. The lowest BCUT2D eigenvalue weighted by atomic mass is 10.2. The Labute approximate surface area is 257 Å². The number of hydrogen-bond donors (Lipinski definition) is 6. The summed E-state index contributed by atoms with van der Waals surface area (Å²) in [4.78, 5) is 6.35. The van der Waals surface area contributed by atoms with Crippen LogP contribution < -0.4 is 21.1 Å². The molecule has 0 radical (unpaired) electrons. The molecule has 3 rings (SSSR count). The minimum Gasteiger partial charge on any atom is -0.494 e. The molecule has 0 bridgehead atoms. The van der Waals surface area contributed by atoms with Gasteiger partial charge in [-0.1, -0.05) is 18.2 Å². The highest BCUT2D eigenvalue weighted by Gasteiger charge is 2.20. The minimum absolute atomic E-state index is 0.0279. The van der Waals surface area contributed by atoms with Crippen molar-refractivity contribution in [2.75, 3.05) is 88.4 Å². The number of anilines is 4. The van der Waals surface area contributed by atoms with Gasteiger partial charge in [0, 0.05) is 37.4 Å². The molecule has 0 atom stereocenters. The number of nitrogens with zero attached hydrogens (tertiary/aromatic N) is 4. The maximum Gasteiger partial charge on any atom is 0.179 e.